The molecule has 156 valence electrons. The fourth-order valence-corrected chi connectivity index (χ4v) is 4.53. The molecule has 0 bridgehead atoms. The minimum absolute atomic E-state index is 0.219. The first-order chi connectivity index (χ1) is 14.2. The van der Waals surface area contributed by atoms with Gasteiger partial charge in [-0.2, -0.15) is 0 Å². The Bertz CT molecular complexity index is 907. The summed E-state index contributed by atoms with van der Waals surface area (Å²) in [7, 11) is 1.63. The summed E-state index contributed by atoms with van der Waals surface area (Å²) < 4.78 is 22.8. The number of aromatic nitrogens is 1. The minimum Gasteiger partial charge on any atom is -0.494 e. The summed E-state index contributed by atoms with van der Waals surface area (Å²) in [5, 5.41) is 0.639. The first kappa shape index (κ1) is 19.9. The highest BCUT2D eigenvalue weighted by molar-refractivity contribution is 7.22. The molecular formula is C20H26N3O5S+. The normalized spacial score (nSPS) is 17.4. The van der Waals surface area contributed by atoms with Gasteiger partial charge in [0.2, 0.25) is 5.76 Å². The van der Waals surface area contributed by atoms with Gasteiger partial charge in [0.15, 0.2) is 5.13 Å². The van der Waals surface area contributed by atoms with Crippen molar-refractivity contribution >= 4 is 32.6 Å². The van der Waals surface area contributed by atoms with Gasteiger partial charge >= 0.3 is 0 Å². The number of anilines is 1. The molecule has 2 aromatic rings. The predicted molar refractivity (Wildman–Crippen MR) is 110 cm³/mol. The number of rotatable bonds is 6. The van der Waals surface area contributed by atoms with Crippen molar-refractivity contribution in [1.29, 1.82) is 0 Å². The number of nitrogens with one attached hydrogen (secondary N) is 1. The van der Waals surface area contributed by atoms with Crippen LogP contribution in [0.15, 0.2) is 24.2 Å². The number of quaternary nitrogens is 1. The van der Waals surface area contributed by atoms with E-state index in [1.165, 1.54) is 22.5 Å². The largest absolute Gasteiger partial charge is 0.494 e. The van der Waals surface area contributed by atoms with E-state index in [2.05, 4.69) is 0 Å². The van der Waals surface area contributed by atoms with Crippen LogP contribution in [0.25, 0.3) is 10.2 Å². The first-order valence-corrected chi connectivity index (χ1v) is 10.6. The van der Waals surface area contributed by atoms with Crippen LogP contribution in [0.4, 0.5) is 5.13 Å². The highest BCUT2D eigenvalue weighted by Crippen LogP contribution is 2.36. The van der Waals surface area contributed by atoms with Gasteiger partial charge in [0.05, 0.1) is 38.1 Å². The van der Waals surface area contributed by atoms with Gasteiger partial charge in [-0.25, -0.2) is 4.98 Å². The topological polar surface area (TPSA) is 74.6 Å². The number of ether oxygens (including phenoxy) is 4. The molecule has 0 spiro atoms. The molecule has 0 saturated carbocycles. The number of morpholine rings is 1. The minimum atomic E-state index is -0.229. The van der Waals surface area contributed by atoms with E-state index in [0.717, 1.165) is 48.6 Å². The molecule has 1 amide bonds. The van der Waals surface area contributed by atoms with Crippen molar-refractivity contribution in [3.63, 3.8) is 0 Å². The summed E-state index contributed by atoms with van der Waals surface area (Å²) in [5.74, 6) is 0.694. The molecule has 8 nitrogen and oxygen atoms in total. The molecule has 3 heterocycles. The Labute approximate surface area is 173 Å². The Morgan fingerprint density at radius 2 is 2.10 bits per heavy atom. The lowest BCUT2D eigenvalue weighted by atomic mass is 10.2. The molecular weight excluding hydrogens is 394 g/mol. The van der Waals surface area contributed by atoms with E-state index in [-0.39, 0.29) is 11.7 Å². The summed E-state index contributed by atoms with van der Waals surface area (Å²) in [4.78, 5) is 21.1. The van der Waals surface area contributed by atoms with E-state index in [4.69, 9.17) is 23.9 Å². The van der Waals surface area contributed by atoms with Crippen molar-refractivity contribution in [2.24, 2.45) is 0 Å². The molecule has 0 radical (unpaired) electrons. The van der Waals surface area contributed by atoms with Crippen LogP contribution >= 0.6 is 11.3 Å². The third-order valence-electron chi connectivity index (χ3n) is 5.14. The second-order valence-corrected chi connectivity index (χ2v) is 8.01. The maximum Gasteiger partial charge on any atom is 0.298 e. The molecule has 0 atom stereocenters. The Balaban J connectivity index is 1.65. The van der Waals surface area contributed by atoms with Gasteiger partial charge in [-0.05, 0) is 18.6 Å². The number of carbonyl (C=O) groups excluding carboxylic acids is 1. The van der Waals surface area contributed by atoms with E-state index < -0.39 is 0 Å². The summed E-state index contributed by atoms with van der Waals surface area (Å²) in [6.07, 6.45) is 1.40. The number of amides is 1. The standard InChI is InChI=1S/C20H25N3O5S/c1-14-3-4-15(25-2)17-18(14)29-20(21-17)23(6-5-22-7-9-26-10-8-22)19(24)16-13-27-11-12-28-16/h3-4,13H,5-12H2,1-2H3/p+1. The van der Waals surface area contributed by atoms with Crippen molar-refractivity contribution in [2.75, 3.05) is 64.6 Å². The van der Waals surface area contributed by atoms with Gasteiger partial charge in [-0.15, -0.1) is 0 Å². The van der Waals surface area contributed by atoms with Crippen molar-refractivity contribution < 1.29 is 28.6 Å². The number of carbonyl (C=O) groups is 1. The zero-order valence-electron chi connectivity index (χ0n) is 16.7. The van der Waals surface area contributed by atoms with Gasteiger partial charge in [0, 0.05) is 0 Å². The molecule has 4 rings (SSSR count). The highest BCUT2D eigenvalue weighted by Gasteiger charge is 2.28. The lowest BCUT2D eigenvalue weighted by molar-refractivity contribution is -0.906. The number of nitrogens with zero attached hydrogens (tertiary/aromatic N) is 2. The molecule has 0 aliphatic carbocycles. The molecule has 1 aromatic heterocycles. The molecule has 0 unspecified atom stereocenters. The van der Waals surface area contributed by atoms with Gasteiger partial charge < -0.3 is 23.8 Å². The highest BCUT2D eigenvalue weighted by atomic mass is 32.1. The van der Waals surface area contributed by atoms with Crippen LogP contribution in [-0.2, 0) is 19.0 Å². The fraction of sp³-hybridized carbons (Fsp3) is 0.500. The zero-order valence-corrected chi connectivity index (χ0v) is 17.5. The van der Waals surface area contributed by atoms with Crippen molar-refractivity contribution in [1.82, 2.24) is 4.98 Å². The summed E-state index contributed by atoms with van der Waals surface area (Å²) >= 11 is 1.50. The van der Waals surface area contributed by atoms with Crippen molar-refractivity contribution in [3.05, 3.63) is 29.7 Å². The van der Waals surface area contributed by atoms with Gasteiger partial charge in [0.1, 0.15) is 43.8 Å². The average Bonchev–Trinajstić information content (AvgIpc) is 3.21. The third-order valence-corrected chi connectivity index (χ3v) is 6.35. The summed E-state index contributed by atoms with van der Waals surface area (Å²) in [5.41, 5.74) is 1.88. The number of hydrogen-bond donors (Lipinski definition) is 1. The van der Waals surface area contributed by atoms with E-state index in [0.29, 0.717) is 30.6 Å². The van der Waals surface area contributed by atoms with Crippen LogP contribution in [0.3, 0.4) is 0 Å². The van der Waals surface area contributed by atoms with E-state index in [1.54, 1.807) is 12.0 Å². The van der Waals surface area contributed by atoms with Gasteiger partial charge in [-0.3, -0.25) is 9.69 Å². The summed E-state index contributed by atoms with van der Waals surface area (Å²) in [6, 6.07) is 3.92. The van der Waals surface area contributed by atoms with Crippen LogP contribution in [0, 0.1) is 6.92 Å². The van der Waals surface area contributed by atoms with Crippen LogP contribution < -0.4 is 14.5 Å². The molecule has 29 heavy (non-hydrogen) atoms. The number of methoxy groups -OCH3 is 1. The van der Waals surface area contributed by atoms with Crippen LogP contribution in [0.1, 0.15) is 5.56 Å². The van der Waals surface area contributed by atoms with Gasteiger partial charge in [-0.1, -0.05) is 17.4 Å². The molecule has 1 fully saturated rings. The Morgan fingerprint density at radius 1 is 1.28 bits per heavy atom. The zero-order chi connectivity index (χ0) is 20.2. The smallest absolute Gasteiger partial charge is 0.298 e. The molecule has 1 saturated heterocycles. The predicted octanol–water partition coefficient (Wildman–Crippen LogP) is 0.750. The van der Waals surface area contributed by atoms with Crippen LogP contribution in [0.5, 0.6) is 5.75 Å². The maximum absolute atomic E-state index is 13.2. The van der Waals surface area contributed by atoms with E-state index in [9.17, 15) is 4.79 Å². The average molecular weight is 421 g/mol. The molecule has 1 aromatic carbocycles. The molecule has 1 N–H and O–H groups in total. The lowest BCUT2D eigenvalue weighted by Gasteiger charge is -2.27. The number of benzene rings is 1. The second-order valence-electron chi connectivity index (χ2n) is 7.03. The molecule has 2 aliphatic rings. The second kappa shape index (κ2) is 8.98. The number of fused-ring (bicyclic) bond motifs is 1. The monoisotopic (exact) mass is 420 g/mol. The van der Waals surface area contributed by atoms with Crippen molar-refractivity contribution in [3.8, 4) is 5.75 Å². The van der Waals surface area contributed by atoms with E-state index in [1.807, 2.05) is 19.1 Å². The Hall–Kier alpha value is -2.36. The fourth-order valence-electron chi connectivity index (χ4n) is 3.46. The SMILES string of the molecule is COc1ccc(C)c2sc(N(CC[NH+]3CCOCC3)C(=O)C3=COCCO3)nc12. The number of aryl methyl sites for hydroxylation is 1. The number of thiazole rings is 1. The molecule has 9 heteroatoms. The lowest BCUT2D eigenvalue weighted by Crippen LogP contribution is -3.14. The van der Waals surface area contributed by atoms with Crippen molar-refractivity contribution in [2.45, 2.75) is 6.92 Å². The van der Waals surface area contributed by atoms with Crippen LogP contribution in [0.2, 0.25) is 0 Å². The number of hydrogen-bond acceptors (Lipinski definition) is 7. The quantitative estimate of drug-likeness (QED) is 0.744. The molecule has 2 aliphatic heterocycles. The third kappa shape index (κ3) is 4.31. The Morgan fingerprint density at radius 3 is 2.83 bits per heavy atom. The first-order valence-electron chi connectivity index (χ1n) is 9.79. The van der Waals surface area contributed by atoms with E-state index >= 15 is 0 Å². The maximum atomic E-state index is 13.2. The Kier molecular flexibility index (Phi) is 6.17. The van der Waals surface area contributed by atoms with Crippen LogP contribution in [-0.4, -0.2) is 70.6 Å². The summed E-state index contributed by atoms with van der Waals surface area (Å²) in [6.45, 7) is 7.60. The van der Waals surface area contributed by atoms with Gasteiger partial charge in [0.25, 0.3) is 5.91 Å².